The summed E-state index contributed by atoms with van der Waals surface area (Å²) in [5.41, 5.74) is 2.06. The molecule has 1 aromatic rings. The first-order chi connectivity index (χ1) is 8.53. The molecular formula is C18H30O. The molecule has 0 bridgehead atoms. The van der Waals surface area contributed by atoms with Gasteiger partial charge < -0.3 is 0 Å². The van der Waals surface area contributed by atoms with E-state index in [1.165, 1.54) is 5.56 Å². The Balaban J connectivity index is -0.000000216. The van der Waals surface area contributed by atoms with Gasteiger partial charge in [0.2, 0.25) is 0 Å². The second-order valence-corrected chi connectivity index (χ2v) is 3.80. The Morgan fingerprint density at radius 2 is 1.63 bits per heavy atom. The van der Waals surface area contributed by atoms with Crippen LogP contribution < -0.4 is 0 Å². The van der Waals surface area contributed by atoms with E-state index in [4.69, 9.17) is 0 Å². The quantitative estimate of drug-likeness (QED) is 0.510. The van der Waals surface area contributed by atoms with Crippen molar-refractivity contribution in [2.24, 2.45) is 0 Å². The molecule has 1 rings (SSSR count). The van der Waals surface area contributed by atoms with Gasteiger partial charge in [-0.05, 0) is 31.4 Å². The van der Waals surface area contributed by atoms with Crippen molar-refractivity contribution < 1.29 is 4.79 Å². The topological polar surface area (TPSA) is 17.1 Å². The largest absolute Gasteiger partial charge is 0.295 e. The van der Waals surface area contributed by atoms with Crippen LogP contribution in [0.3, 0.4) is 0 Å². The molecule has 0 N–H and O–H groups in total. The first kappa shape index (κ1) is 22.5. The molecule has 1 nitrogen and oxygen atoms in total. The smallest absolute Gasteiger partial charge is 0.157 e. The molecule has 0 saturated carbocycles. The Bertz CT molecular complexity index is 336. The summed E-state index contributed by atoms with van der Waals surface area (Å²) in [4.78, 5) is 10.4. The van der Waals surface area contributed by atoms with Crippen LogP contribution in [0.25, 0.3) is 0 Å². The molecule has 108 valence electrons. The van der Waals surface area contributed by atoms with Gasteiger partial charge in [-0.2, -0.15) is 0 Å². The van der Waals surface area contributed by atoms with E-state index in [0.29, 0.717) is 12.0 Å². The average Bonchev–Trinajstić information content (AvgIpc) is 2.40. The van der Waals surface area contributed by atoms with Crippen LogP contribution in [0.1, 0.15) is 47.1 Å². The highest BCUT2D eigenvalue weighted by Gasteiger charge is 1.93. The molecule has 19 heavy (non-hydrogen) atoms. The molecule has 0 aliphatic heterocycles. The number of benzene rings is 1. The molecule has 1 aromatic carbocycles. The lowest BCUT2D eigenvalue weighted by atomic mass is 10.2. The van der Waals surface area contributed by atoms with Gasteiger partial charge in [-0.25, -0.2) is 0 Å². The van der Waals surface area contributed by atoms with Gasteiger partial charge in [0.25, 0.3) is 0 Å². The maximum Gasteiger partial charge on any atom is 0.157 e. The standard InChI is InChI=1S/C8H10.C6H10O.C3H6.CH4/c1-2-8-6-4-3-5-7-8;1-4-6(7)5(2)3;1-3-2;/h3-7H,2H2,1H3;2,4H2,1,3H3;3H,1H2,2H3;1H4. The monoisotopic (exact) mass is 262 g/mol. The highest BCUT2D eigenvalue weighted by molar-refractivity contribution is 5.93. The Morgan fingerprint density at radius 1 is 1.21 bits per heavy atom. The summed E-state index contributed by atoms with van der Waals surface area (Å²) >= 11 is 0. The Kier molecular flexibility index (Phi) is 19.4. The molecule has 0 atom stereocenters. The van der Waals surface area contributed by atoms with Crippen LogP contribution in [0.2, 0.25) is 0 Å². The first-order valence-electron chi connectivity index (χ1n) is 6.33. The Labute approximate surface area is 120 Å². The van der Waals surface area contributed by atoms with Crippen molar-refractivity contribution in [3.63, 3.8) is 0 Å². The van der Waals surface area contributed by atoms with Crippen LogP contribution in [0, 0.1) is 0 Å². The van der Waals surface area contributed by atoms with E-state index in [1.54, 1.807) is 13.0 Å². The minimum absolute atomic E-state index is 0. The highest BCUT2D eigenvalue weighted by atomic mass is 16.1. The zero-order chi connectivity index (χ0) is 14.4. The molecule has 0 unspecified atom stereocenters. The lowest BCUT2D eigenvalue weighted by Crippen LogP contribution is -1.93. The number of rotatable bonds is 3. The van der Waals surface area contributed by atoms with Gasteiger partial charge in [-0.15, -0.1) is 6.58 Å². The summed E-state index contributed by atoms with van der Waals surface area (Å²) in [6, 6.07) is 10.5. The summed E-state index contributed by atoms with van der Waals surface area (Å²) in [6.45, 7) is 14.4. The number of hydrogen-bond acceptors (Lipinski definition) is 1. The normalized spacial score (nSPS) is 7.58. The fraction of sp³-hybridized carbons (Fsp3) is 0.389. The van der Waals surface area contributed by atoms with E-state index in [9.17, 15) is 4.79 Å². The van der Waals surface area contributed by atoms with Gasteiger partial charge in [0, 0.05) is 6.42 Å². The molecule has 0 radical (unpaired) electrons. The van der Waals surface area contributed by atoms with E-state index in [-0.39, 0.29) is 13.2 Å². The van der Waals surface area contributed by atoms with Crippen LogP contribution in [-0.2, 0) is 11.2 Å². The maximum atomic E-state index is 10.4. The lowest BCUT2D eigenvalue weighted by Gasteiger charge is -1.89. The summed E-state index contributed by atoms with van der Waals surface area (Å²) in [7, 11) is 0. The van der Waals surface area contributed by atoms with Gasteiger partial charge >= 0.3 is 0 Å². The fourth-order valence-corrected chi connectivity index (χ4v) is 1.02. The van der Waals surface area contributed by atoms with Crippen molar-refractivity contribution in [2.45, 2.75) is 48.0 Å². The minimum Gasteiger partial charge on any atom is -0.295 e. The number of carbonyl (C=O) groups excluding carboxylic acids is 1. The molecule has 0 amide bonds. The average molecular weight is 262 g/mol. The third-order valence-corrected chi connectivity index (χ3v) is 2.05. The van der Waals surface area contributed by atoms with Gasteiger partial charge in [-0.1, -0.05) is 64.3 Å². The predicted molar refractivity (Wildman–Crippen MR) is 88.5 cm³/mol. The summed E-state index contributed by atoms with van der Waals surface area (Å²) < 4.78 is 0. The second-order valence-electron chi connectivity index (χ2n) is 3.80. The van der Waals surface area contributed by atoms with Gasteiger partial charge in [0.05, 0.1) is 0 Å². The Morgan fingerprint density at radius 3 is 1.79 bits per heavy atom. The van der Waals surface area contributed by atoms with Gasteiger partial charge in [0.15, 0.2) is 5.78 Å². The van der Waals surface area contributed by atoms with Crippen molar-refractivity contribution >= 4 is 5.78 Å². The predicted octanol–water partition coefficient (Wildman–Crippen LogP) is 5.62. The fourth-order valence-electron chi connectivity index (χ4n) is 1.02. The summed E-state index contributed by atoms with van der Waals surface area (Å²) in [5, 5.41) is 0. The van der Waals surface area contributed by atoms with Gasteiger partial charge in [0.1, 0.15) is 0 Å². The summed E-state index contributed by atoms with van der Waals surface area (Å²) in [5.74, 6) is 0.153. The zero-order valence-electron chi connectivity index (χ0n) is 12.2. The number of Topliss-reactive ketones (excluding diaryl/α,β-unsaturated/α-hetero) is 1. The van der Waals surface area contributed by atoms with Crippen molar-refractivity contribution in [3.05, 3.63) is 60.7 Å². The Hall–Kier alpha value is -1.63. The molecule has 0 fully saturated rings. The lowest BCUT2D eigenvalue weighted by molar-refractivity contribution is -0.115. The number of carbonyl (C=O) groups is 1. The molecule has 0 heterocycles. The van der Waals surface area contributed by atoms with E-state index in [2.05, 4.69) is 44.3 Å². The van der Waals surface area contributed by atoms with Crippen LogP contribution >= 0.6 is 0 Å². The third-order valence-electron chi connectivity index (χ3n) is 2.05. The van der Waals surface area contributed by atoms with Crippen LogP contribution in [0.15, 0.2) is 55.1 Å². The van der Waals surface area contributed by atoms with E-state index < -0.39 is 0 Å². The number of aryl methyl sites for hydroxylation is 1. The van der Waals surface area contributed by atoms with Crippen LogP contribution in [0.5, 0.6) is 0 Å². The molecule has 0 aromatic heterocycles. The maximum absolute atomic E-state index is 10.4. The van der Waals surface area contributed by atoms with Crippen molar-refractivity contribution in [2.75, 3.05) is 0 Å². The van der Waals surface area contributed by atoms with E-state index >= 15 is 0 Å². The van der Waals surface area contributed by atoms with E-state index in [1.807, 2.05) is 19.9 Å². The first-order valence-corrected chi connectivity index (χ1v) is 6.33. The van der Waals surface area contributed by atoms with Crippen molar-refractivity contribution in [1.29, 1.82) is 0 Å². The van der Waals surface area contributed by atoms with E-state index in [0.717, 1.165) is 6.42 Å². The minimum atomic E-state index is 0. The molecule has 0 saturated heterocycles. The molecule has 0 aliphatic rings. The van der Waals surface area contributed by atoms with Crippen molar-refractivity contribution in [3.8, 4) is 0 Å². The zero-order valence-corrected chi connectivity index (χ0v) is 12.2. The number of allylic oxidation sites excluding steroid dienone is 2. The molecule has 0 spiro atoms. The third kappa shape index (κ3) is 16.4. The number of ketones is 1. The second kappa shape index (κ2) is 16.4. The summed E-state index contributed by atoms with van der Waals surface area (Å²) in [6.07, 6.45) is 3.47. The highest BCUT2D eigenvalue weighted by Crippen LogP contribution is 1.96. The van der Waals surface area contributed by atoms with Crippen molar-refractivity contribution in [1.82, 2.24) is 0 Å². The SMILES string of the molecule is C.C=C(C)C(=O)CC.C=CC.CCc1ccccc1. The van der Waals surface area contributed by atoms with Gasteiger partial charge in [-0.3, -0.25) is 4.79 Å². The van der Waals surface area contributed by atoms with Crippen LogP contribution in [0.4, 0.5) is 0 Å². The van der Waals surface area contributed by atoms with Crippen LogP contribution in [-0.4, -0.2) is 5.78 Å². The number of hydrogen-bond donors (Lipinski definition) is 0. The molecule has 1 heteroatoms. The molecular weight excluding hydrogens is 232 g/mol. The molecule has 0 aliphatic carbocycles.